The highest BCUT2D eigenvalue weighted by molar-refractivity contribution is 6.00. The van der Waals surface area contributed by atoms with Crippen molar-refractivity contribution in [1.29, 1.82) is 5.26 Å². The Labute approximate surface area is 225 Å². The first-order valence-corrected chi connectivity index (χ1v) is 14.0. The zero-order valence-electron chi connectivity index (χ0n) is 22.0. The van der Waals surface area contributed by atoms with Crippen LogP contribution in [0.1, 0.15) is 56.3 Å². The van der Waals surface area contributed by atoms with Crippen LogP contribution in [0.4, 0.5) is 0 Å². The van der Waals surface area contributed by atoms with E-state index in [0.29, 0.717) is 6.54 Å². The maximum atomic E-state index is 13.8. The lowest BCUT2D eigenvalue weighted by Gasteiger charge is -2.39. The van der Waals surface area contributed by atoms with E-state index < -0.39 is 11.5 Å². The molecule has 196 valence electrons. The number of piperidine rings is 1. The number of rotatable bonds is 5. The highest BCUT2D eigenvalue weighted by Gasteiger charge is 2.53. The topological polar surface area (TPSA) is 80.5 Å². The summed E-state index contributed by atoms with van der Waals surface area (Å²) in [5.74, 6) is 0.0954. The molecule has 6 heteroatoms. The van der Waals surface area contributed by atoms with E-state index in [-0.39, 0.29) is 17.4 Å². The third-order valence-corrected chi connectivity index (χ3v) is 9.44. The van der Waals surface area contributed by atoms with Gasteiger partial charge in [-0.15, -0.1) is 0 Å². The third-order valence-electron chi connectivity index (χ3n) is 9.44. The number of nitrogens with zero attached hydrogens (tertiary/aromatic N) is 4. The predicted molar refractivity (Wildman–Crippen MR) is 148 cm³/mol. The summed E-state index contributed by atoms with van der Waals surface area (Å²) < 4.78 is 0. The van der Waals surface area contributed by atoms with Gasteiger partial charge < -0.3 is 10.0 Å². The van der Waals surface area contributed by atoms with E-state index in [1.165, 1.54) is 5.57 Å². The maximum Gasteiger partial charge on any atom is 0.251 e. The van der Waals surface area contributed by atoms with Gasteiger partial charge in [0.2, 0.25) is 0 Å². The Bertz CT molecular complexity index is 1310. The lowest BCUT2D eigenvalue weighted by molar-refractivity contribution is -0.130. The Balaban J connectivity index is 1.21. The number of nitriles is 1. The molecule has 0 aromatic carbocycles. The quantitative estimate of drug-likeness (QED) is 0.635. The molecule has 6 rings (SSSR count). The van der Waals surface area contributed by atoms with Crippen LogP contribution in [-0.2, 0) is 10.2 Å². The minimum Gasteiger partial charge on any atom is -0.391 e. The van der Waals surface area contributed by atoms with Gasteiger partial charge in [0, 0.05) is 37.2 Å². The summed E-state index contributed by atoms with van der Waals surface area (Å²) in [6.07, 6.45) is 18.2. The number of hydrogen-bond acceptors (Lipinski definition) is 5. The van der Waals surface area contributed by atoms with E-state index in [9.17, 15) is 15.2 Å². The van der Waals surface area contributed by atoms with E-state index in [1.807, 2.05) is 23.1 Å². The minimum absolute atomic E-state index is 0.0814. The van der Waals surface area contributed by atoms with Gasteiger partial charge in [0.25, 0.3) is 5.91 Å². The Hall–Kier alpha value is -3.27. The number of carbonyl (C=O) groups is 1. The summed E-state index contributed by atoms with van der Waals surface area (Å²) in [5.41, 5.74) is 4.00. The third kappa shape index (κ3) is 4.09. The van der Waals surface area contributed by atoms with Crippen LogP contribution in [0.25, 0.3) is 6.08 Å². The number of aromatic nitrogens is 1. The second kappa shape index (κ2) is 9.80. The molecule has 3 atom stereocenters. The number of aliphatic hydroxyl groups excluding tert-OH is 1. The van der Waals surface area contributed by atoms with Crippen LogP contribution < -0.4 is 0 Å². The van der Waals surface area contributed by atoms with Gasteiger partial charge >= 0.3 is 0 Å². The number of amides is 1. The first-order chi connectivity index (χ1) is 18.5. The summed E-state index contributed by atoms with van der Waals surface area (Å²) in [6.45, 7) is 6.83. The fourth-order valence-electron chi connectivity index (χ4n) is 7.18. The zero-order chi connectivity index (χ0) is 26.3. The van der Waals surface area contributed by atoms with Crippen molar-refractivity contribution >= 4 is 12.0 Å². The monoisotopic (exact) mass is 508 g/mol. The highest BCUT2D eigenvalue weighted by Crippen LogP contribution is 2.52. The van der Waals surface area contributed by atoms with E-state index in [0.717, 1.165) is 87.1 Å². The molecule has 1 N–H and O–H groups in total. The van der Waals surface area contributed by atoms with Gasteiger partial charge in [0.1, 0.15) is 5.41 Å². The van der Waals surface area contributed by atoms with Crippen LogP contribution in [0.15, 0.2) is 71.9 Å². The van der Waals surface area contributed by atoms with Gasteiger partial charge in [-0.2, -0.15) is 5.26 Å². The van der Waals surface area contributed by atoms with E-state index >= 15 is 0 Å². The molecule has 38 heavy (non-hydrogen) atoms. The van der Waals surface area contributed by atoms with Crippen molar-refractivity contribution in [3.05, 3.63) is 83.3 Å². The van der Waals surface area contributed by atoms with Crippen molar-refractivity contribution in [2.24, 2.45) is 5.41 Å². The summed E-state index contributed by atoms with van der Waals surface area (Å²) in [7, 11) is 0. The molecular weight excluding hydrogens is 472 g/mol. The second-order valence-corrected chi connectivity index (χ2v) is 11.6. The number of allylic oxidation sites excluding steroid dienone is 4. The molecule has 3 heterocycles. The van der Waals surface area contributed by atoms with E-state index in [4.69, 9.17) is 0 Å². The molecule has 2 saturated heterocycles. The smallest absolute Gasteiger partial charge is 0.251 e. The Morgan fingerprint density at radius 3 is 2.79 bits per heavy atom. The van der Waals surface area contributed by atoms with Gasteiger partial charge in [-0.3, -0.25) is 14.7 Å². The number of pyridine rings is 1. The maximum absolute atomic E-state index is 13.8. The predicted octanol–water partition coefficient (Wildman–Crippen LogP) is 4.47. The summed E-state index contributed by atoms with van der Waals surface area (Å²) >= 11 is 0. The minimum atomic E-state index is -0.580. The fourth-order valence-corrected chi connectivity index (χ4v) is 7.18. The van der Waals surface area contributed by atoms with E-state index in [1.54, 1.807) is 6.08 Å². The Kier molecular flexibility index (Phi) is 6.45. The van der Waals surface area contributed by atoms with Crippen molar-refractivity contribution in [3.63, 3.8) is 0 Å². The van der Waals surface area contributed by atoms with Crippen molar-refractivity contribution in [3.8, 4) is 6.07 Å². The Morgan fingerprint density at radius 1 is 1.21 bits per heavy atom. The normalized spacial score (nSPS) is 30.5. The standard InChI is InChI=1S/C32H36N4O2/c1-2-25-9-7-12-29(34-25)31(21-33)14-16-35(17-15-31)20-23-18-24-8-5-6-13-32(24)22-36(30(38)26(32)19-23)27-10-3-4-11-28(27)37/h2,5-9,12,18-19,27-28,37H,1,3-4,10-11,13-17,20,22H2/t27-,28-,32?/m0/s1. The van der Waals surface area contributed by atoms with Gasteiger partial charge in [0.05, 0.1) is 29.6 Å². The molecule has 0 radical (unpaired) electrons. The molecule has 3 aliphatic carbocycles. The fraction of sp³-hybridized carbons (Fsp3) is 0.469. The average Bonchev–Trinajstić information content (AvgIpc) is 3.24. The largest absolute Gasteiger partial charge is 0.391 e. The van der Waals surface area contributed by atoms with Crippen LogP contribution in [0, 0.1) is 16.7 Å². The molecule has 2 aliphatic heterocycles. The molecule has 5 aliphatic rings. The van der Waals surface area contributed by atoms with Gasteiger partial charge in [-0.05, 0) is 67.5 Å². The zero-order valence-corrected chi connectivity index (χ0v) is 22.0. The van der Waals surface area contributed by atoms with Crippen molar-refractivity contribution in [2.75, 3.05) is 26.2 Å². The van der Waals surface area contributed by atoms with Crippen LogP contribution in [-0.4, -0.2) is 64.1 Å². The van der Waals surface area contributed by atoms with Crippen LogP contribution >= 0.6 is 0 Å². The van der Waals surface area contributed by atoms with Crippen LogP contribution in [0.3, 0.4) is 0 Å². The molecule has 1 aromatic rings. The Morgan fingerprint density at radius 2 is 2.03 bits per heavy atom. The summed E-state index contributed by atoms with van der Waals surface area (Å²) in [4.78, 5) is 22.9. The highest BCUT2D eigenvalue weighted by atomic mass is 16.3. The van der Waals surface area contributed by atoms with Gasteiger partial charge in [-0.25, -0.2) is 0 Å². The molecule has 1 unspecified atom stereocenters. The lowest BCUT2D eigenvalue weighted by Crippen LogP contribution is -2.47. The molecular formula is C32H36N4O2. The number of aliphatic hydroxyl groups is 1. The molecule has 6 nitrogen and oxygen atoms in total. The van der Waals surface area contributed by atoms with E-state index in [2.05, 4.69) is 52.9 Å². The van der Waals surface area contributed by atoms with Crippen LogP contribution in [0.2, 0.25) is 0 Å². The number of likely N-dealkylation sites (tertiary alicyclic amines) is 2. The first-order valence-electron chi connectivity index (χ1n) is 14.0. The average molecular weight is 509 g/mol. The summed E-state index contributed by atoms with van der Waals surface area (Å²) in [5, 5.41) is 20.9. The van der Waals surface area contributed by atoms with Crippen LogP contribution in [0.5, 0.6) is 0 Å². The van der Waals surface area contributed by atoms with Crippen molar-refractivity contribution < 1.29 is 9.90 Å². The number of carbonyl (C=O) groups excluding carboxylic acids is 1. The molecule has 1 saturated carbocycles. The van der Waals surface area contributed by atoms with Crippen molar-refractivity contribution in [1.82, 2.24) is 14.8 Å². The van der Waals surface area contributed by atoms with Gasteiger partial charge in [-0.1, -0.05) is 49.8 Å². The second-order valence-electron chi connectivity index (χ2n) is 11.6. The molecule has 3 fully saturated rings. The first kappa shape index (κ1) is 25.0. The SMILES string of the molecule is C=Cc1cccc(C2(C#N)CCN(CC3=CC4=CC=CCC45CN([C@H]4CCCC[C@@H]4O)C(=O)C5=C3)CC2)n1. The molecule has 0 bridgehead atoms. The molecule has 1 amide bonds. The van der Waals surface area contributed by atoms with Crippen molar-refractivity contribution in [2.45, 2.75) is 62.5 Å². The molecule has 1 aromatic heterocycles. The summed E-state index contributed by atoms with van der Waals surface area (Å²) in [6, 6.07) is 8.33. The number of hydrogen-bond donors (Lipinski definition) is 1. The van der Waals surface area contributed by atoms with Gasteiger partial charge in [0.15, 0.2) is 0 Å². The lowest BCUT2D eigenvalue weighted by atomic mass is 9.67. The molecule has 1 spiro atoms.